The molecule has 0 aliphatic rings. The third-order valence-corrected chi connectivity index (χ3v) is 3.44. The van der Waals surface area contributed by atoms with Gasteiger partial charge in [-0.1, -0.05) is 34.1 Å². The zero-order chi connectivity index (χ0) is 16.8. The van der Waals surface area contributed by atoms with Crippen LogP contribution in [0.15, 0.2) is 52.0 Å². The summed E-state index contributed by atoms with van der Waals surface area (Å²) in [7, 11) is 0. The van der Waals surface area contributed by atoms with E-state index in [1.54, 1.807) is 12.1 Å². The van der Waals surface area contributed by atoms with E-state index in [-0.39, 0.29) is 17.9 Å². The smallest absolute Gasteiger partial charge is 0.311 e. The normalized spacial score (nSPS) is 10.7. The molecule has 2 N–H and O–H groups in total. The summed E-state index contributed by atoms with van der Waals surface area (Å²) in [5, 5.41) is 24.1. The van der Waals surface area contributed by atoms with Crippen LogP contribution in [0, 0.1) is 10.1 Å². The minimum absolute atomic E-state index is 0.142. The maximum absolute atomic E-state index is 11.7. The van der Waals surface area contributed by atoms with E-state index in [4.69, 9.17) is 0 Å². The second-order valence-corrected chi connectivity index (χ2v) is 5.48. The van der Waals surface area contributed by atoms with Crippen LogP contribution in [0.3, 0.4) is 0 Å². The van der Waals surface area contributed by atoms with E-state index in [9.17, 15) is 20.0 Å². The Morgan fingerprint density at radius 2 is 2.00 bits per heavy atom. The van der Waals surface area contributed by atoms with Gasteiger partial charge in [-0.25, -0.2) is 5.43 Å². The van der Waals surface area contributed by atoms with Gasteiger partial charge in [0.1, 0.15) is 0 Å². The van der Waals surface area contributed by atoms with Gasteiger partial charge in [0.15, 0.2) is 0 Å². The van der Waals surface area contributed by atoms with Crippen LogP contribution in [-0.4, -0.2) is 22.2 Å². The number of carbonyl (C=O) groups excluding carboxylic acids is 1. The van der Waals surface area contributed by atoms with Crippen LogP contribution in [-0.2, 0) is 11.2 Å². The number of phenolic OH excluding ortho intramolecular Hbond substituents is 1. The Morgan fingerprint density at radius 1 is 1.30 bits per heavy atom. The highest BCUT2D eigenvalue weighted by molar-refractivity contribution is 9.10. The Kier molecular flexibility index (Phi) is 5.42. The first kappa shape index (κ1) is 16.6. The van der Waals surface area contributed by atoms with E-state index < -0.39 is 16.4 Å². The van der Waals surface area contributed by atoms with E-state index in [0.29, 0.717) is 0 Å². The molecule has 118 valence electrons. The highest BCUT2D eigenvalue weighted by Crippen LogP contribution is 2.27. The largest absolute Gasteiger partial charge is 0.502 e. The maximum atomic E-state index is 11.7. The fraction of sp³-hybridized carbons (Fsp3) is 0.0667. The zero-order valence-corrected chi connectivity index (χ0v) is 13.4. The minimum atomic E-state index is -0.696. The first-order chi connectivity index (χ1) is 11.0. The number of rotatable bonds is 5. The quantitative estimate of drug-likeness (QED) is 0.474. The lowest BCUT2D eigenvalue weighted by Gasteiger charge is -2.02. The lowest BCUT2D eigenvalue weighted by atomic mass is 10.1. The van der Waals surface area contributed by atoms with Crippen LogP contribution in [0.2, 0.25) is 0 Å². The number of halogens is 1. The van der Waals surface area contributed by atoms with E-state index in [2.05, 4.69) is 26.5 Å². The number of hydrogen-bond donors (Lipinski definition) is 2. The van der Waals surface area contributed by atoms with Crippen molar-refractivity contribution in [1.29, 1.82) is 0 Å². The summed E-state index contributed by atoms with van der Waals surface area (Å²) in [5.74, 6) is -0.836. The molecule has 0 radical (unpaired) electrons. The van der Waals surface area contributed by atoms with Crippen LogP contribution in [0.4, 0.5) is 5.69 Å². The van der Waals surface area contributed by atoms with Crippen molar-refractivity contribution in [2.24, 2.45) is 5.10 Å². The number of carbonyl (C=O) groups is 1. The Morgan fingerprint density at radius 3 is 2.65 bits per heavy atom. The van der Waals surface area contributed by atoms with Gasteiger partial charge in [-0.15, -0.1) is 0 Å². The standard InChI is InChI=1S/C15H12BrN3O4/c16-12-6-4-10(5-7-12)8-14(20)18-17-9-11-2-1-3-13(15(11)21)19(22)23/h1-7,9,21H,8H2,(H,18,20)/b17-9+. The number of para-hydroxylation sites is 1. The SMILES string of the molecule is O=C(Cc1ccc(Br)cc1)N/N=C/c1cccc([N+](=O)[O-])c1O. The summed E-state index contributed by atoms with van der Waals surface area (Å²) in [6.07, 6.45) is 1.30. The molecule has 0 saturated carbocycles. The Labute approximate surface area is 139 Å². The molecule has 8 heteroatoms. The van der Waals surface area contributed by atoms with Crippen LogP contribution in [0.1, 0.15) is 11.1 Å². The van der Waals surface area contributed by atoms with E-state index >= 15 is 0 Å². The van der Waals surface area contributed by atoms with Gasteiger partial charge in [0.2, 0.25) is 11.7 Å². The number of benzene rings is 2. The van der Waals surface area contributed by atoms with Gasteiger partial charge in [0.05, 0.1) is 17.6 Å². The van der Waals surface area contributed by atoms with Crippen LogP contribution in [0.25, 0.3) is 0 Å². The third kappa shape index (κ3) is 4.62. The first-order valence-electron chi connectivity index (χ1n) is 6.50. The number of aromatic hydroxyl groups is 1. The van der Waals surface area contributed by atoms with Gasteiger partial charge >= 0.3 is 5.69 Å². The molecule has 2 aromatic carbocycles. The highest BCUT2D eigenvalue weighted by atomic mass is 79.9. The molecular formula is C15H12BrN3O4. The third-order valence-electron chi connectivity index (χ3n) is 2.91. The van der Waals surface area contributed by atoms with Crippen LogP contribution < -0.4 is 5.43 Å². The van der Waals surface area contributed by atoms with Crippen LogP contribution in [0.5, 0.6) is 5.75 Å². The van der Waals surface area contributed by atoms with Gasteiger partial charge in [-0.05, 0) is 23.8 Å². The number of amides is 1. The maximum Gasteiger partial charge on any atom is 0.311 e. The van der Waals surface area contributed by atoms with Gasteiger partial charge in [-0.2, -0.15) is 5.10 Å². The summed E-state index contributed by atoms with van der Waals surface area (Å²) in [5.41, 5.74) is 2.85. The summed E-state index contributed by atoms with van der Waals surface area (Å²) < 4.78 is 0.917. The monoisotopic (exact) mass is 377 g/mol. The predicted octanol–water partition coefficient (Wildman–Crippen LogP) is 2.76. The second kappa shape index (κ2) is 7.50. The molecule has 2 aromatic rings. The summed E-state index contributed by atoms with van der Waals surface area (Å²) in [6, 6.07) is 11.3. The molecule has 0 aliphatic carbocycles. The van der Waals surface area contributed by atoms with Gasteiger partial charge in [-0.3, -0.25) is 14.9 Å². The minimum Gasteiger partial charge on any atom is -0.502 e. The van der Waals surface area contributed by atoms with Crippen molar-refractivity contribution in [3.05, 3.63) is 68.2 Å². The lowest BCUT2D eigenvalue weighted by Crippen LogP contribution is -2.19. The second-order valence-electron chi connectivity index (χ2n) is 4.57. The van der Waals surface area contributed by atoms with Gasteiger partial charge in [0.25, 0.3) is 0 Å². The van der Waals surface area contributed by atoms with Crippen molar-refractivity contribution >= 4 is 33.7 Å². The predicted molar refractivity (Wildman–Crippen MR) is 88.3 cm³/mol. The van der Waals surface area contributed by atoms with Gasteiger partial charge < -0.3 is 5.11 Å². The molecular weight excluding hydrogens is 366 g/mol. The average molecular weight is 378 g/mol. The molecule has 2 rings (SSSR count). The average Bonchev–Trinajstić information content (AvgIpc) is 2.51. The molecule has 0 aliphatic heterocycles. The molecule has 0 atom stereocenters. The number of phenols is 1. The number of hydrazone groups is 1. The molecule has 0 aromatic heterocycles. The molecule has 0 heterocycles. The molecule has 7 nitrogen and oxygen atoms in total. The lowest BCUT2D eigenvalue weighted by molar-refractivity contribution is -0.385. The van der Waals surface area contributed by atoms with Crippen molar-refractivity contribution in [2.75, 3.05) is 0 Å². The van der Waals surface area contributed by atoms with E-state index in [1.165, 1.54) is 18.2 Å². The Balaban J connectivity index is 1.99. The number of hydrogen-bond acceptors (Lipinski definition) is 5. The Hall–Kier alpha value is -2.74. The number of nitrogens with zero attached hydrogens (tertiary/aromatic N) is 2. The van der Waals surface area contributed by atoms with Crippen LogP contribution >= 0.6 is 15.9 Å². The van der Waals surface area contributed by atoms with Crippen molar-refractivity contribution in [3.63, 3.8) is 0 Å². The topological polar surface area (TPSA) is 105 Å². The summed E-state index contributed by atoms with van der Waals surface area (Å²) >= 11 is 3.31. The number of nitro benzene ring substituents is 1. The molecule has 0 unspecified atom stereocenters. The fourth-order valence-electron chi connectivity index (χ4n) is 1.80. The van der Waals surface area contributed by atoms with Crippen molar-refractivity contribution < 1.29 is 14.8 Å². The Bertz CT molecular complexity index is 760. The van der Waals surface area contributed by atoms with Crippen molar-refractivity contribution in [3.8, 4) is 5.75 Å². The van der Waals surface area contributed by atoms with E-state index in [0.717, 1.165) is 16.3 Å². The summed E-state index contributed by atoms with van der Waals surface area (Å²) in [4.78, 5) is 21.8. The fourth-order valence-corrected chi connectivity index (χ4v) is 2.07. The number of nitrogens with one attached hydrogen (secondary N) is 1. The first-order valence-corrected chi connectivity index (χ1v) is 7.29. The highest BCUT2D eigenvalue weighted by Gasteiger charge is 2.15. The van der Waals surface area contributed by atoms with Crippen molar-refractivity contribution in [1.82, 2.24) is 5.43 Å². The molecule has 0 bridgehead atoms. The molecule has 0 saturated heterocycles. The molecule has 23 heavy (non-hydrogen) atoms. The zero-order valence-electron chi connectivity index (χ0n) is 11.8. The van der Waals surface area contributed by atoms with Gasteiger partial charge in [0, 0.05) is 16.1 Å². The molecule has 0 fully saturated rings. The van der Waals surface area contributed by atoms with E-state index in [1.807, 2.05) is 12.1 Å². The van der Waals surface area contributed by atoms with Crippen molar-refractivity contribution in [2.45, 2.75) is 6.42 Å². The number of nitro groups is 1. The molecule has 0 spiro atoms. The summed E-state index contributed by atoms with van der Waals surface area (Å²) in [6.45, 7) is 0. The molecule has 1 amide bonds.